The van der Waals surface area contributed by atoms with E-state index in [1.54, 1.807) is 0 Å². The molecule has 0 aromatic carbocycles. The van der Waals surface area contributed by atoms with Crippen LogP contribution in [0.15, 0.2) is 0 Å². The second-order valence-electron chi connectivity index (χ2n) is 3.94. The highest BCUT2D eigenvalue weighted by molar-refractivity contribution is 5.78. The number of aliphatic carboxylic acids is 2. The van der Waals surface area contributed by atoms with E-state index >= 15 is 0 Å². The summed E-state index contributed by atoms with van der Waals surface area (Å²) >= 11 is 0. The van der Waals surface area contributed by atoms with Gasteiger partial charge in [-0.1, -0.05) is 6.42 Å². The van der Waals surface area contributed by atoms with Crippen molar-refractivity contribution in [3.8, 4) is 0 Å². The molecule has 0 aromatic rings. The van der Waals surface area contributed by atoms with Gasteiger partial charge in [0.15, 0.2) is 0 Å². The first-order valence-corrected chi connectivity index (χ1v) is 6.06. The van der Waals surface area contributed by atoms with Crippen LogP contribution in [-0.2, 0) is 14.3 Å². The molecule has 0 aliphatic rings. The predicted octanol–water partition coefficient (Wildman–Crippen LogP) is 0.160. The summed E-state index contributed by atoms with van der Waals surface area (Å²) in [6.07, 6.45) is -0.498. The van der Waals surface area contributed by atoms with E-state index in [0.29, 0.717) is 13.1 Å². The van der Waals surface area contributed by atoms with Crippen molar-refractivity contribution < 1.29 is 29.3 Å². The maximum Gasteiger partial charge on any atom is 0.407 e. The topological polar surface area (TPSA) is 139 Å². The molecule has 0 aliphatic heterocycles. The number of alkyl carbamates (subject to hydrolysis) is 1. The number of ether oxygens (including phenoxy) is 1. The summed E-state index contributed by atoms with van der Waals surface area (Å²) in [5.41, 5.74) is 5.30. The lowest BCUT2D eigenvalue weighted by molar-refractivity contribution is -0.148. The third-order valence-corrected chi connectivity index (χ3v) is 2.30. The lowest BCUT2D eigenvalue weighted by atomic mass is 10.2. The van der Waals surface area contributed by atoms with Gasteiger partial charge in [0, 0.05) is 19.4 Å². The molecule has 1 atom stereocenters. The quantitative estimate of drug-likeness (QED) is 0.417. The van der Waals surface area contributed by atoms with Crippen LogP contribution in [0, 0.1) is 0 Å². The van der Waals surface area contributed by atoms with Crippen LogP contribution in [-0.4, -0.2) is 47.4 Å². The van der Waals surface area contributed by atoms with Crippen molar-refractivity contribution in [1.82, 2.24) is 5.32 Å². The molecule has 0 bridgehead atoms. The van der Waals surface area contributed by atoms with Crippen molar-refractivity contribution in [3.63, 3.8) is 0 Å². The largest absolute Gasteiger partial charge is 0.481 e. The Bertz CT molecular complexity index is 308. The second kappa shape index (κ2) is 10.1. The highest BCUT2D eigenvalue weighted by Crippen LogP contribution is 2.03. The first kappa shape index (κ1) is 17.2. The number of rotatable bonds is 10. The number of nitrogens with one attached hydrogen (secondary N) is 1. The van der Waals surface area contributed by atoms with E-state index in [1.165, 1.54) is 0 Å². The normalized spacial score (nSPS) is 11.6. The molecule has 0 spiro atoms. The molecule has 0 radical (unpaired) electrons. The molecule has 19 heavy (non-hydrogen) atoms. The Morgan fingerprint density at radius 2 is 1.84 bits per heavy atom. The SMILES string of the molecule is NCCCCCNC(=O)O[C@@H](CCC(=O)O)C(=O)O. The van der Waals surface area contributed by atoms with Gasteiger partial charge in [-0.3, -0.25) is 4.79 Å². The van der Waals surface area contributed by atoms with E-state index in [-0.39, 0.29) is 12.8 Å². The van der Waals surface area contributed by atoms with Gasteiger partial charge in [-0.15, -0.1) is 0 Å². The Balaban J connectivity index is 3.90. The molecule has 110 valence electrons. The zero-order valence-corrected chi connectivity index (χ0v) is 10.6. The van der Waals surface area contributed by atoms with Crippen molar-refractivity contribution >= 4 is 18.0 Å². The van der Waals surface area contributed by atoms with E-state index in [2.05, 4.69) is 10.1 Å². The van der Waals surface area contributed by atoms with Gasteiger partial charge in [-0.05, 0) is 19.4 Å². The molecule has 0 saturated heterocycles. The molecule has 0 heterocycles. The van der Waals surface area contributed by atoms with Gasteiger partial charge in [0.05, 0.1) is 0 Å². The first-order valence-electron chi connectivity index (χ1n) is 6.06. The fourth-order valence-corrected chi connectivity index (χ4v) is 1.29. The van der Waals surface area contributed by atoms with Crippen molar-refractivity contribution in [1.29, 1.82) is 0 Å². The molecular weight excluding hydrogens is 256 g/mol. The minimum atomic E-state index is -1.44. The van der Waals surface area contributed by atoms with Gasteiger partial charge in [-0.2, -0.15) is 0 Å². The van der Waals surface area contributed by atoms with E-state index in [1.807, 2.05) is 0 Å². The van der Waals surface area contributed by atoms with Crippen molar-refractivity contribution in [2.24, 2.45) is 5.73 Å². The summed E-state index contributed by atoms with van der Waals surface area (Å²) in [4.78, 5) is 32.3. The van der Waals surface area contributed by atoms with Crippen LogP contribution in [0.25, 0.3) is 0 Å². The average molecular weight is 276 g/mol. The number of carbonyl (C=O) groups excluding carboxylic acids is 1. The number of carbonyl (C=O) groups is 3. The van der Waals surface area contributed by atoms with Crippen LogP contribution in [0.5, 0.6) is 0 Å². The molecule has 5 N–H and O–H groups in total. The maximum absolute atomic E-state index is 11.3. The third kappa shape index (κ3) is 9.83. The highest BCUT2D eigenvalue weighted by Gasteiger charge is 2.22. The smallest absolute Gasteiger partial charge is 0.407 e. The maximum atomic E-state index is 11.3. The number of carboxylic acid groups (broad SMARTS) is 2. The van der Waals surface area contributed by atoms with Crippen molar-refractivity contribution in [2.75, 3.05) is 13.1 Å². The minimum absolute atomic E-state index is 0.259. The van der Waals surface area contributed by atoms with Crippen LogP contribution < -0.4 is 11.1 Å². The minimum Gasteiger partial charge on any atom is -0.481 e. The lowest BCUT2D eigenvalue weighted by Gasteiger charge is -2.13. The number of hydrogen-bond donors (Lipinski definition) is 4. The number of carboxylic acids is 2. The lowest BCUT2D eigenvalue weighted by Crippen LogP contribution is -2.34. The van der Waals surface area contributed by atoms with Gasteiger partial charge in [-0.25, -0.2) is 9.59 Å². The molecule has 0 saturated carbocycles. The molecule has 0 aliphatic carbocycles. The van der Waals surface area contributed by atoms with Crippen LogP contribution in [0.2, 0.25) is 0 Å². The zero-order valence-electron chi connectivity index (χ0n) is 10.6. The van der Waals surface area contributed by atoms with Crippen LogP contribution in [0.3, 0.4) is 0 Å². The highest BCUT2D eigenvalue weighted by atomic mass is 16.6. The third-order valence-electron chi connectivity index (χ3n) is 2.30. The Hall–Kier alpha value is -1.83. The van der Waals surface area contributed by atoms with Crippen molar-refractivity contribution in [2.45, 2.75) is 38.2 Å². The molecule has 8 nitrogen and oxygen atoms in total. The van der Waals surface area contributed by atoms with E-state index in [4.69, 9.17) is 15.9 Å². The monoisotopic (exact) mass is 276 g/mol. The summed E-state index contributed by atoms with van der Waals surface area (Å²) in [7, 11) is 0. The number of unbranched alkanes of at least 4 members (excludes halogenated alkanes) is 2. The Morgan fingerprint density at radius 1 is 1.16 bits per heavy atom. The number of nitrogens with two attached hydrogens (primary N) is 1. The molecule has 8 heteroatoms. The second-order valence-corrected chi connectivity index (χ2v) is 3.94. The average Bonchev–Trinajstić information content (AvgIpc) is 2.33. The molecule has 0 fully saturated rings. The number of hydrogen-bond acceptors (Lipinski definition) is 5. The summed E-state index contributed by atoms with van der Waals surface area (Å²) in [6.45, 7) is 0.949. The Morgan fingerprint density at radius 3 is 2.37 bits per heavy atom. The fraction of sp³-hybridized carbons (Fsp3) is 0.727. The predicted molar refractivity (Wildman–Crippen MR) is 65.7 cm³/mol. The van der Waals surface area contributed by atoms with Gasteiger partial charge in [0.1, 0.15) is 0 Å². The van der Waals surface area contributed by atoms with Crippen molar-refractivity contribution in [3.05, 3.63) is 0 Å². The van der Waals surface area contributed by atoms with Gasteiger partial charge >= 0.3 is 18.0 Å². The molecule has 0 aromatic heterocycles. The molecule has 0 rings (SSSR count). The van der Waals surface area contributed by atoms with Gasteiger partial charge in [0.25, 0.3) is 0 Å². The van der Waals surface area contributed by atoms with Crippen LogP contribution in [0.4, 0.5) is 4.79 Å². The molecule has 1 amide bonds. The number of amides is 1. The molecular formula is C11H20N2O6. The summed E-state index contributed by atoms with van der Waals surface area (Å²) < 4.78 is 4.63. The van der Waals surface area contributed by atoms with E-state index in [0.717, 1.165) is 19.3 Å². The summed E-state index contributed by atoms with van der Waals surface area (Å²) in [5, 5.41) is 19.6. The van der Waals surface area contributed by atoms with Gasteiger partial charge in [0.2, 0.25) is 6.10 Å². The Labute approximate surface area is 110 Å². The fourth-order valence-electron chi connectivity index (χ4n) is 1.29. The summed E-state index contributed by atoms with van der Waals surface area (Å²) in [5.74, 6) is -2.50. The van der Waals surface area contributed by atoms with Crippen LogP contribution in [0.1, 0.15) is 32.1 Å². The van der Waals surface area contributed by atoms with Crippen LogP contribution >= 0.6 is 0 Å². The van der Waals surface area contributed by atoms with E-state index < -0.39 is 24.1 Å². The molecule has 0 unspecified atom stereocenters. The summed E-state index contributed by atoms with van der Waals surface area (Å²) in [6, 6.07) is 0. The van der Waals surface area contributed by atoms with E-state index in [9.17, 15) is 14.4 Å². The first-order chi connectivity index (χ1) is 8.97. The zero-order chi connectivity index (χ0) is 14.7. The van der Waals surface area contributed by atoms with Gasteiger partial charge < -0.3 is 26.0 Å². The standard InChI is InChI=1S/C11H20N2O6/c12-6-2-1-3-7-13-11(18)19-8(10(16)17)4-5-9(14)15/h8H,1-7,12H2,(H,13,18)(H,14,15)(H,16,17)/t8-/m0/s1. The Kier molecular flexibility index (Phi) is 9.15.